The molecule has 1 fully saturated rings. The van der Waals surface area contributed by atoms with Crippen LogP contribution in [0.4, 0.5) is 33.2 Å². The number of hydrogen-bond acceptors (Lipinski definition) is 7. The van der Waals surface area contributed by atoms with Crippen molar-refractivity contribution in [3.63, 3.8) is 0 Å². The van der Waals surface area contributed by atoms with Crippen LogP contribution in [-0.4, -0.2) is 54.0 Å². The SMILES string of the molecule is C=CC(=O)Nc1ccc(CNc2nc(Nc3ccc(N4CCN(C)CC4)c(F)c3)ncc2Cl)cc1. The maximum atomic E-state index is 14.8. The van der Waals surface area contributed by atoms with E-state index < -0.39 is 0 Å². The number of carbonyl (C=O) groups is 1. The standard InChI is InChI=1S/C25H27ClFN7O/c1-3-23(35)30-18-6-4-17(5-7-18)15-28-24-20(26)16-29-25(32-24)31-19-8-9-22(21(27)14-19)34-12-10-33(2)11-13-34/h3-9,14,16H,1,10-13,15H2,2H3,(H,30,35)(H2,28,29,31,32). The molecule has 3 aromatic rings. The van der Waals surface area contributed by atoms with Gasteiger partial charge >= 0.3 is 0 Å². The smallest absolute Gasteiger partial charge is 0.247 e. The molecule has 0 atom stereocenters. The summed E-state index contributed by atoms with van der Waals surface area (Å²) in [4.78, 5) is 24.3. The second-order valence-corrected chi connectivity index (χ2v) is 8.62. The van der Waals surface area contributed by atoms with E-state index in [1.54, 1.807) is 18.2 Å². The molecule has 0 bridgehead atoms. The van der Waals surface area contributed by atoms with E-state index in [2.05, 4.69) is 49.3 Å². The van der Waals surface area contributed by atoms with E-state index in [4.69, 9.17) is 11.6 Å². The molecule has 0 saturated carbocycles. The second-order valence-electron chi connectivity index (χ2n) is 8.22. The quantitative estimate of drug-likeness (QED) is 0.397. The number of halogens is 2. The van der Waals surface area contributed by atoms with E-state index in [1.807, 2.05) is 18.2 Å². The Bertz CT molecular complexity index is 1200. The van der Waals surface area contributed by atoms with Crippen LogP contribution >= 0.6 is 11.6 Å². The van der Waals surface area contributed by atoms with Gasteiger partial charge < -0.3 is 25.8 Å². The van der Waals surface area contributed by atoms with Crippen LogP contribution in [0.2, 0.25) is 5.02 Å². The fraction of sp³-hybridized carbons (Fsp3) is 0.240. The van der Waals surface area contributed by atoms with Crippen molar-refractivity contribution in [2.24, 2.45) is 0 Å². The lowest BCUT2D eigenvalue weighted by Gasteiger charge is -2.34. The number of anilines is 5. The van der Waals surface area contributed by atoms with E-state index in [0.717, 1.165) is 31.7 Å². The fourth-order valence-corrected chi connectivity index (χ4v) is 3.81. The Morgan fingerprint density at radius 2 is 1.86 bits per heavy atom. The summed E-state index contributed by atoms with van der Waals surface area (Å²) in [5, 5.41) is 9.29. The average Bonchev–Trinajstić information content (AvgIpc) is 2.86. The summed E-state index contributed by atoms with van der Waals surface area (Å²) < 4.78 is 14.8. The number of likely N-dealkylation sites (N-methyl/N-ethyl adjacent to an activating group) is 1. The van der Waals surface area contributed by atoms with Crippen molar-refractivity contribution in [3.8, 4) is 0 Å². The zero-order valence-corrected chi connectivity index (χ0v) is 20.1. The number of rotatable bonds is 8. The Kier molecular flexibility index (Phi) is 7.79. The van der Waals surface area contributed by atoms with Gasteiger partial charge in [-0.15, -0.1) is 0 Å². The third-order valence-corrected chi connectivity index (χ3v) is 5.94. The first-order valence-electron chi connectivity index (χ1n) is 11.2. The summed E-state index contributed by atoms with van der Waals surface area (Å²) in [5.41, 5.74) is 2.78. The maximum Gasteiger partial charge on any atom is 0.247 e. The summed E-state index contributed by atoms with van der Waals surface area (Å²) in [5.74, 6) is 0.186. The van der Waals surface area contributed by atoms with Crippen molar-refractivity contribution >= 4 is 46.3 Å². The van der Waals surface area contributed by atoms with Crippen molar-refractivity contribution < 1.29 is 9.18 Å². The minimum atomic E-state index is -0.292. The predicted octanol–water partition coefficient (Wildman–Crippen LogP) is 4.50. The van der Waals surface area contributed by atoms with Crippen molar-refractivity contribution in [3.05, 3.63) is 77.7 Å². The first kappa shape index (κ1) is 24.4. The Morgan fingerprint density at radius 3 is 2.54 bits per heavy atom. The zero-order valence-electron chi connectivity index (χ0n) is 19.4. The molecule has 182 valence electrons. The molecular formula is C25H27ClFN7O. The lowest BCUT2D eigenvalue weighted by Crippen LogP contribution is -2.44. The molecule has 10 heteroatoms. The van der Waals surface area contributed by atoms with Gasteiger partial charge in [-0.1, -0.05) is 30.3 Å². The van der Waals surface area contributed by atoms with Crippen LogP contribution in [0, 0.1) is 5.82 Å². The molecule has 0 radical (unpaired) electrons. The number of aromatic nitrogens is 2. The molecule has 1 saturated heterocycles. The number of nitrogens with one attached hydrogen (secondary N) is 3. The molecule has 0 aliphatic carbocycles. The number of piperazine rings is 1. The zero-order chi connectivity index (χ0) is 24.8. The van der Waals surface area contributed by atoms with Crippen LogP contribution in [0.25, 0.3) is 0 Å². The molecule has 8 nitrogen and oxygen atoms in total. The summed E-state index contributed by atoms with van der Waals surface area (Å²) in [6.07, 6.45) is 2.70. The Hall–Kier alpha value is -3.69. The second kappa shape index (κ2) is 11.2. The molecule has 0 unspecified atom stereocenters. The number of nitrogens with zero attached hydrogens (tertiary/aromatic N) is 4. The highest BCUT2D eigenvalue weighted by Gasteiger charge is 2.17. The molecule has 2 aromatic carbocycles. The average molecular weight is 496 g/mol. The minimum Gasteiger partial charge on any atom is -0.367 e. The Labute approximate surface area is 208 Å². The van der Waals surface area contributed by atoms with Crippen molar-refractivity contribution in [1.82, 2.24) is 14.9 Å². The summed E-state index contributed by atoms with van der Waals surface area (Å²) in [7, 11) is 2.07. The van der Waals surface area contributed by atoms with Gasteiger partial charge in [0.15, 0.2) is 5.82 Å². The van der Waals surface area contributed by atoms with Crippen molar-refractivity contribution in [2.75, 3.05) is 54.1 Å². The van der Waals surface area contributed by atoms with Gasteiger partial charge in [-0.3, -0.25) is 4.79 Å². The Morgan fingerprint density at radius 1 is 1.14 bits per heavy atom. The summed E-state index contributed by atoms with van der Waals surface area (Å²) in [6, 6.07) is 12.4. The molecule has 35 heavy (non-hydrogen) atoms. The molecule has 0 spiro atoms. The lowest BCUT2D eigenvalue weighted by atomic mass is 10.2. The topological polar surface area (TPSA) is 85.4 Å². The first-order valence-corrected chi connectivity index (χ1v) is 11.6. The summed E-state index contributed by atoms with van der Waals surface area (Å²) in [6.45, 7) is 7.29. The lowest BCUT2D eigenvalue weighted by molar-refractivity contribution is -0.111. The van der Waals surface area contributed by atoms with E-state index >= 15 is 0 Å². The summed E-state index contributed by atoms with van der Waals surface area (Å²) >= 11 is 6.27. The normalized spacial score (nSPS) is 13.9. The van der Waals surface area contributed by atoms with Crippen molar-refractivity contribution in [2.45, 2.75) is 6.54 Å². The van der Waals surface area contributed by atoms with Crippen LogP contribution in [0.3, 0.4) is 0 Å². The van der Waals surface area contributed by atoms with Crippen LogP contribution in [0.1, 0.15) is 5.56 Å². The molecular weight excluding hydrogens is 469 g/mol. The van der Waals surface area contributed by atoms with Crippen LogP contribution < -0.4 is 20.9 Å². The highest BCUT2D eigenvalue weighted by atomic mass is 35.5. The largest absolute Gasteiger partial charge is 0.367 e. The van der Waals surface area contributed by atoms with Gasteiger partial charge in [0.1, 0.15) is 10.8 Å². The first-order chi connectivity index (χ1) is 16.9. The van der Waals surface area contributed by atoms with Gasteiger partial charge in [-0.2, -0.15) is 4.98 Å². The van der Waals surface area contributed by atoms with Gasteiger partial charge in [-0.25, -0.2) is 9.37 Å². The molecule has 1 aliphatic heterocycles. The van der Waals surface area contributed by atoms with E-state index in [-0.39, 0.29) is 11.7 Å². The number of hydrogen-bond donors (Lipinski definition) is 3. The molecule has 4 rings (SSSR count). The van der Waals surface area contributed by atoms with Gasteiger partial charge in [0.25, 0.3) is 0 Å². The highest BCUT2D eigenvalue weighted by molar-refractivity contribution is 6.32. The third-order valence-electron chi connectivity index (χ3n) is 5.66. The highest BCUT2D eigenvalue weighted by Crippen LogP contribution is 2.26. The fourth-order valence-electron chi connectivity index (χ4n) is 3.65. The van der Waals surface area contributed by atoms with Gasteiger partial charge in [0.05, 0.1) is 11.9 Å². The molecule has 2 heterocycles. The van der Waals surface area contributed by atoms with Gasteiger partial charge in [0, 0.05) is 44.1 Å². The Balaban J connectivity index is 1.39. The monoisotopic (exact) mass is 495 g/mol. The molecule has 3 N–H and O–H groups in total. The number of amides is 1. The van der Waals surface area contributed by atoms with E-state index in [9.17, 15) is 9.18 Å². The minimum absolute atomic E-state index is 0.266. The predicted molar refractivity (Wildman–Crippen MR) is 139 cm³/mol. The van der Waals surface area contributed by atoms with Crippen LogP contribution in [-0.2, 0) is 11.3 Å². The van der Waals surface area contributed by atoms with Crippen molar-refractivity contribution in [1.29, 1.82) is 0 Å². The number of benzene rings is 2. The van der Waals surface area contributed by atoms with E-state index in [0.29, 0.717) is 40.4 Å². The van der Waals surface area contributed by atoms with Crippen LogP contribution in [0.5, 0.6) is 0 Å². The number of carbonyl (C=O) groups excluding carboxylic acids is 1. The van der Waals surface area contributed by atoms with Crippen LogP contribution in [0.15, 0.2) is 61.3 Å². The molecule has 1 aliphatic rings. The van der Waals surface area contributed by atoms with Gasteiger partial charge in [-0.05, 0) is 49.0 Å². The molecule has 1 amide bonds. The van der Waals surface area contributed by atoms with Gasteiger partial charge in [0.2, 0.25) is 11.9 Å². The van der Waals surface area contributed by atoms with E-state index in [1.165, 1.54) is 18.3 Å². The molecule has 1 aromatic heterocycles. The third kappa shape index (κ3) is 6.46. The maximum absolute atomic E-state index is 14.8.